The lowest BCUT2D eigenvalue weighted by Gasteiger charge is -2.34. The van der Waals surface area contributed by atoms with Gasteiger partial charge in [-0.05, 0) is 89.3 Å². The number of likely N-dealkylation sites (tertiary alicyclic amines) is 2. The number of hydrogen-bond acceptors (Lipinski definition) is 8. The van der Waals surface area contributed by atoms with Crippen LogP contribution >= 0.6 is 0 Å². The highest BCUT2D eigenvalue weighted by molar-refractivity contribution is 6.24. The first-order chi connectivity index (χ1) is 20.9. The van der Waals surface area contributed by atoms with Gasteiger partial charge in [-0.1, -0.05) is 0 Å². The van der Waals surface area contributed by atoms with Crippen molar-refractivity contribution in [2.75, 3.05) is 39.4 Å². The summed E-state index contributed by atoms with van der Waals surface area (Å²) in [5.41, 5.74) is 0.0886. The number of fused-ring (bicyclic) bond motifs is 1. The van der Waals surface area contributed by atoms with Crippen LogP contribution in [0.25, 0.3) is 0 Å². The van der Waals surface area contributed by atoms with Crippen molar-refractivity contribution in [1.29, 1.82) is 0 Å². The molecule has 3 saturated heterocycles. The second-order valence-corrected chi connectivity index (χ2v) is 13.2. The first-order valence-electron chi connectivity index (χ1n) is 15.6. The largest absolute Gasteiger partial charge is 0.444 e. The number of imide groups is 2. The zero-order valence-electron chi connectivity index (χ0n) is 25.8. The predicted octanol–water partition coefficient (Wildman–Crippen LogP) is 2.99. The van der Waals surface area contributed by atoms with Crippen molar-refractivity contribution < 1.29 is 38.2 Å². The van der Waals surface area contributed by atoms with Crippen LogP contribution in [0, 0.1) is 11.8 Å². The molecule has 1 aromatic carbocycles. The summed E-state index contributed by atoms with van der Waals surface area (Å²) in [6, 6.07) is 3.42. The summed E-state index contributed by atoms with van der Waals surface area (Å²) in [7, 11) is 0. The fraction of sp³-hybridized carbons (Fsp3) is 0.625. The summed E-state index contributed by atoms with van der Waals surface area (Å²) < 4.78 is 11.5. The molecule has 1 atom stereocenters. The molecule has 4 aliphatic heterocycles. The molecule has 1 N–H and O–H groups in total. The van der Waals surface area contributed by atoms with Gasteiger partial charge in [0.15, 0.2) is 0 Å². The molecule has 0 bridgehead atoms. The number of benzene rings is 1. The van der Waals surface area contributed by atoms with E-state index in [2.05, 4.69) is 5.32 Å². The van der Waals surface area contributed by atoms with Gasteiger partial charge in [0.25, 0.3) is 17.7 Å². The Bertz CT molecular complexity index is 1320. The summed E-state index contributed by atoms with van der Waals surface area (Å²) >= 11 is 0. The number of piperidine rings is 3. The smallest absolute Gasteiger partial charge is 0.410 e. The standard InChI is InChI=1S/C32H42N4O8/c1-32(2,3)44-31(42)35-15-8-20(9-16-35)12-17-43-19-21-10-13-34(14-11-21)28(39)22-4-5-23-24(18-22)30(41)36(29(23)40)25-6-7-26(37)33-27(25)38/h4-5,18,20-21,25H,6-17,19H2,1-3H3,(H,33,37,38). The maximum atomic E-state index is 13.3. The first kappa shape index (κ1) is 31.6. The Morgan fingerprint density at radius 3 is 2.16 bits per heavy atom. The van der Waals surface area contributed by atoms with E-state index < -0.39 is 35.3 Å². The van der Waals surface area contributed by atoms with E-state index in [0.29, 0.717) is 56.8 Å². The van der Waals surface area contributed by atoms with Crippen molar-refractivity contribution in [3.05, 3.63) is 34.9 Å². The van der Waals surface area contributed by atoms with Gasteiger partial charge in [-0.3, -0.25) is 34.2 Å². The molecule has 4 aliphatic rings. The van der Waals surface area contributed by atoms with Gasteiger partial charge in [0.05, 0.1) is 11.1 Å². The molecule has 1 aromatic rings. The van der Waals surface area contributed by atoms with Gasteiger partial charge < -0.3 is 19.3 Å². The average molecular weight is 611 g/mol. The average Bonchev–Trinajstić information content (AvgIpc) is 3.23. The third kappa shape index (κ3) is 7.11. The Kier molecular flexibility index (Phi) is 9.38. The van der Waals surface area contributed by atoms with E-state index in [1.165, 1.54) is 12.1 Å². The summed E-state index contributed by atoms with van der Waals surface area (Å²) in [6.07, 6.45) is 4.35. The second kappa shape index (κ2) is 13.1. The molecule has 0 spiro atoms. The highest BCUT2D eigenvalue weighted by Crippen LogP contribution is 2.29. The van der Waals surface area contributed by atoms with Crippen molar-refractivity contribution >= 4 is 35.6 Å². The van der Waals surface area contributed by atoms with Gasteiger partial charge in [-0.15, -0.1) is 0 Å². The molecule has 0 aliphatic carbocycles. The van der Waals surface area contributed by atoms with Crippen LogP contribution in [0.3, 0.4) is 0 Å². The van der Waals surface area contributed by atoms with Crippen LogP contribution in [0.15, 0.2) is 18.2 Å². The van der Waals surface area contributed by atoms with E-state index in [4.69, 9.17) is 9.47 Å². The Labute approximate surface area is 257 Å². The minimum absolute atomic E-state index is 0.0469. The van der Waals surface area contributed by atoms with Gasteiger partial charge in [0, 0.05) is 51.4 Å². The maximum absolute atomic E-state index is 13.3. The third-order valence-electron chi connectivity index (χ3n) is 8.88. The van der Waals surface area contributed by atoms with Gasteiger partial charge in [0.1, 0.15) is 11.6 Å². The zero-order chi connectivity index (χ0) is 31.6. The molecule has 12 nitrogen and oxygen atoms in total. The number of ether oxygens (including phenoxy) is 2. The van der Waals surface area contributed by atoms with Crippen LogP contribution in [0.1, 0.15) is 96.8 Å². The number of hydrogen-bond donors (Lipinski definition) is 1. The van der Waals surface area contributed by atoms with Crippen LogP contribution in [0.2, 0.25) is 0 Å². The summed E-state index contributed by atoms with van der Waals surface area (Å²) in [5.74, 6) is -1.64. The fourth-order valence-electron chi connectivity index (χ4n) is 6.32. The SMILES string of the molecule is CC(C)(C)OC(=O)N1CCC(CCOCC2CCN(C(=O)c3ccc4c(c3)C(=O)N(C3CCC(=O)NC3=O)C4=O)CC2)CC1. The molecule has 3 fully saturated rings. The van der Waals surface area contributed by atoms with Crippen LogP contribution in [-0.4, -0.2) is 101 Å². The van der Waals surface area contributed by atoms with Crippen molar-refractivity contribution in [3.63, 3.8) is 0 Å². The number of carbonyl (C=O) groups excluding carboxylic acids is 6. The lowest BCUT2D eigenvalue weighted by molar-refractivity contribution is -0.136. The fourth-order valence-corrected chi connectivity index (χ4v) is 6.32. The zero-order valence-corrected chi connectivity index (χ0v) is 25.8. The van der Waals surface area contributed by atoms with Crippen LogP contribution < -0.4 is 5.32 Å². The van der Waals surface area contributed by atoms with Crippen LogP contribution in [-0.2, 0) is 19.1 Å². The number of nitrogens with zero attached hydrogens (tertiary/aromatic N) is 3. The molecule has 5 rings (SSSR count). The van der Waals surface area contributed by atoms with E-state index in [0.717, 1.165) is 37.0 Å². The molecule has 0 radical (unpaired) electrons. The lowest BCUT2D eigenvalue weighted by atomic mass is 9.94. The highest BCUT2D eigenvalue weighted by atomic mass is 16.6. The van der Waals surface area contributed by atoms with Gasteiger partial charge in [0.2, 0.25) is 11.8 Å². The lowest BCUT2D eigenvalue weighted by Crippen LogP contribution is -2.54. The van der Waals surface area contributed by atoms with Crippen molar-refractivity contribution in [2.45, 2.75) is 77.4 Å². The molecule has 44 heavy (non-hydrogen) atoms. The third-order valence-corrected chi connectivity index (χ3v) is 8.88. The minimum Gasteiger partial charge on any atom is -0.444 e. The van der Waals surface area contributed by atoms with Gasteiger partial charge in [-0.25, -0.2) is 4.79 Å². The Morgan fingerprint density at radius 1 is 0.864 bits per heavy atom. The predicted molar refractivity (Wildman–Crippen MR) is 158 cm³/mol. The molecule has 238 valence electrons. The summed E-state index contributed by atoms with van der Waals surface area (Å²) in [5, 5.41) is 2.18. The minimum atomic E-state index is -1.04. The number of nitrogens with one attached hydrogen (secondary N) is 1. The second-order valence-electron chi connectivity index (χ2n) is 13.2. The van der Waals surface area contributed by atoms with Crippen LogP contribution in [0.4, 0.5) is 4.79 Å². The summed E-state index contributed by atoms with van der Waals surface area (Å²) in [4.78, 5) is 79.9. The Hall–Kier alpha value is -3.80. The monoisotopic (exact) mass is 610 g/mol. The molecule has 0 saturated carbocycles. The summed E-state index contributed by atoms with van der Waals surface area (Å²) in [6.45, 7) is 9.50. The van der Waals surface area contributed by atoms with Crippen molar-refractivity contribution in [2.24, 2.45) is 11.8 Å². The molecule has 0 aromatic heterocycles. The first-order valence-corrected chi connectivity index (χ1v) is 15.6. The molecular weight excluding hydrogens is 568 g/mol. The molecular formula is C32H42N4O8. The van der Waals surface area contributed by atoms with E-state index >= 15 is 0 Å². The van der Waals surface area contributed by atoms with E-state index in [-0.39, 0.29) is 36.0 Å². The normalized spacial score (nSPS) is 21.9. The number of amides is 6. The van der Waals surface area contributed by atoms with Crippen molar-refractivity contribution in [1.82, 2.24) is 20.0 Å². The van der Waals surface area contributed by atoms with Crippen LogP contribution in [0.5, 0.6) is 0 Å². The van der Waals surface area contributed by atoms with E-state index in [1.807, 2.05) is 20.8 Å². The molecule has 6 amide bonds. The Balaban J connectivity index is 1.04. The van der Waals surface area contributed by atoms with Gasteiger partial charge >= 0.3 is 6.09 Å². The molecule has 4 heterocycles. The maximum Gasteiger partial charge on any atom is 0.410 e. The number of carbonyl (C=O) groups is 6. The molecule has 12 heteroatoms. The van der Waals surface area contributed by atoms with Gasteiger partial charge in [-0.2, -0.15) is 0 Å². The van der Waals surface area contributed by atoms with Crippen molar-refractivity contribution in [3.8, 4) is 0 Å². The topological polar surface area (TPSA) is 143 Å². The quantitative estimate of drug-likeness (QED) is 0.367. The molecule has 1 unspecified atom stereocenters. The Morgan fingerprint density at radius 2 is 1.50 bits per heavy atom. The number of rotatable bonds is 7. The van der Waals surface area contributed by atoms with E-state index in [9.17, 15) is 28.8 Å². The van der Waals surface area contributed by atoms with E-state index in [1.54, 1.807) is 15.9 Å². The highest BCUT2D eigenvalue weighted by Gasteiger charge is 2.45.